The highest BCUT2D eigenvalue weighted by Crippen LogP contribution is 2.39. The molecule has 0 bridgehead atoms. The lowest BCUT2D eigenvalue weighted by atomic mass is 9.83. The predicted molar refractivity (Wildman–Crippen MR) is 573 cm³/mol. The van der Waals surface area contributed by atoms with Gasteiger partial charge < -0.3 is 53.6 Å². The van der Waals surface area contributed by atoms with Crippen LogP contribution in [-0.2, 0) is 49.9 Å². The summed E-state index contributed by atoms with van der Waals surface area (Å²) in [5, 5.41) is 0. The molecule has 0 heterocycles. The Hall–Kier alpha value is -5.67. The second-order valence-electron chi connectivity index (χ2n) is 35.2. The number of unbranched alkanes of at least 4 members (excludes halogenated alkanes) is 2. The highest BCUT2D eigenvalue weighted by atomic mass is 127. The molecule has 706 valence electrons. The van der Waals surface area contributed by atoms with E-state index in [0.29, 0.717) is 97.6 Å². The molecule has 8 aromatic rings. The number of carbonyl (C=O) groups excluding carboxylic acids is 4. The van der Waals surface area contributed by atoms with Crippen molar-refractivity contribution in [2.75, 3.05) is 47.1 Å². The van der Waals surface area contributed by atoms with E-state index in [4.69, 9.17) is 18.9 Å². The second kappa shape index (κ2) is 72.9. The van der Waals surface area contributed by atoms with E-state index >= 15 is 0 Å². The fourth-order valence-electron chi connectivity index (χ4n) is 13.7. The van der Waals surface area contributed by atoms with Gasteiger partial charge in [-0.3, -0.25) is 14.4 Å². The summed E-state index contributed by atoms with van der Waals surface area (Å²) in [5.74, 6) is 5.02. The van der Waals surface area contributed by atoms with E-state index in [1.54, 1.807) is 13.8 Å². The van der Waals surface area contributed by atoms with Crippen LogP contribution in [0.25, 0.3) is 0 Å². The summed E-state index contributed by atoms with van der Waals surface area (Å²) in [6, 6.07) is 82.5. The van der Waals surface area contributed by atoms with Gasteiger partial charge >= 0.3 is 23.9 Å². The van der Waals surface area contributed by atoms with Crippen LogP contribution in [0.3, 0.4) is 0 Å². The van der Waals surface area contributed by atoms with Crippen molar-refractivity contribution in [1.29, 1.82) is 0 Å². The van der Waals surface area contributed by atoms with Crippen LogP contribution in [0, 0.1) is 5.41 Å². The Labute approximate surface area is 819 Å². The van der Waals surface area contributed by atoms with E-state index in [9.17, 15) is 19.2 Å². The minimum Gasteiger partial charge on any atom is -3.00 e. The number of hydrogen-bond acceptors (Lipinski definition) is 11. The lowest BCUT2D eigenvalue weighted by Gasteiger charge is -3.00. The first-order valence-electron chi connectivity index (χ1n) is 46.2. The molecule has 127 heavy (non-hydrogen) atoms. The van der Waals surface area contributed by atoms with Crippen LogP contribution >= 0.6 is 80.8 Å². The quantitative estimate of drug-likeness (QED) is 0.00582. The second-order valence-corrected chi connectivity index (χ2v) is 38.9. The third kappa shape index (κ3) is 54.2. The normalized spacial score (nSPS) is 13.5. The van der Waals surface area contributed by atoms with Crippen molar-refractivity contribution in [3.05, 3.63) is 298 Å². The zero-order valence-electron chi connectivity index (χ0n) is 81.9. The zero-order chi connectivity index (χ0) is 95.1. The van der Waals surface area contributed by atoms with Crippen molar-refractivity contribution in [2.24, 2.45) is 5.41 Å². The number of carbonyl (C=O) groups is 4. The van der Waals surface area contributed by atoms with E-state index in [2.05, 4.69) is 396 Å². The monoisotopic (exact) mass is 2050 g/mol. The van der Waals surface area contributed by atoms with Crippen LogP contribution in [0.2, 0.25) is 0 Å². The summed E-state index contributed by atoms with van der Waals surface area (Å²) in [6.07, 6.45) is 16.5. The summed E-state index contributed by atoms with van der Waals surface area (Å²) in [4.78, 5) is 49.7. The van der Waals surface area contributed by atoms with Crippen molar-refractivity contribution in [3.8, 4) is 0 Å². The lowest BCUT2D eigenvalue weighted by molar-refractivity contribution is -0.156. The average Bonchev–Trinajstić information content (AvgIpc) is 0.822. The number of benzene rings is 8. The highest BCUT2D eigenvalue weighted by Gasteiger charge is 2.42. The first-order chi connectivity index (χ1) is 60.0. The molecule has 0 aliphatic rings. The third-order valence-corrected chi connectivity index (χ3v) is 24.2. The Balaban J connectivity index is 0. The number of halogens is 3. The number of likely N-dealkylation sites (N-methyl/N-ethyl adjacent to an activating group) is 1. The summed E-state index contributed by atoms with van der Waals surface area (Å²) < 4.78 is 19.6. The molecule has 8 rings (SSSR count). The smallest absolute Gasteiger partial charge is 0.333 e. The van der Waals surface area contributed by atoms with E-state index in [1.165, 1.54) is 94.2 Å². The maximum atomic E-state index is 12.8. The van der Waals surface area contributed by atoms with Gasteiger partial charge in [-0.1, -0.05) is 373 Å². The molecule has 0 saturated carbocycles. The van der Waals surface area contributed by atoms with Gasteiger partial charge in [-0.05, 0) is 294 Å². The molecular formula is C111H162Br2INO8P2S2-4. The largest absolute Gasteiger partial charge is 3.00 e. The molecule has 9 nitrogen and oxygen atoms in total. The summed E-state index contributed by atoms with van der Waals surface area (Å²) >= 11 is 12.4. The van der Waals surface area contributed by atoms with Crippen LogP contribution < -0.4 is 0 Å². The van der Waals surface area contributed by atoms with Gasteiger partial charge in [0, 0.05) is 12.1 Å². The molecule has 0 spiro atoms. The topological polar surface area (TPSA) is 108 Å². The first-order valence-corrected chi connectivity index (χ1v) is 52.5. The molecule has 0 aromatic heterocycles. The summed E-state index contributed by atoms with van der Waals surface area (Å²) in [7, 11) is 10.5. The first kappa shape index (κ1) is 123. The standard InChI is InChI=1S/C31H43BrO4.C24H31BrO2.2C14H22.2C10H14.C8H15NO2.HIS.PS.P/c1-6-20-35-29(34)31(5,32)23-30(3,4)28(33)36-21-14-13-19-27(26-17-11-8-12-18-26)22-24(2)25-15-9-7-10-16-25;1-19(20-12-6-4-7-13-20)18-22(21-14-8-5-9-15-21)16-10-11-17-27-23(26)24(2,3)25;2*1-5-11(3)13-7-9-14(10-8-13)12(4)6-2;2*1-3-9(2)10-7-5-4-6-8-10;1-7(2)8(10)11-6-5-9(3)4;2*1-2;/h7-12,15-18,24,27H,6,13-14,19-23H2,1-5H3;4-9,12-15,19,22H,10-11,16-18H2,1-3H3;2*7-12H,5-6H2,1-4H3;2*4-9H,3H2,1-2H3;1,5-6H2,2-4H3;2H;;/q;;;;;;;;-1;-3. The van der Waals surface area contributed by atoms with Gasteiger partial charge in [0.05, 0.1) is 25.2 Å². The predicted octanol–water partition coefficient (Wildman–Crippen LogP) is 34.5. The molecule has 0 saturated heterocycles. The molecule has 0 aliphatic heterocycles. The number of thiol groups is 1. The van der Waals surface area contributed by atoms with Crippen LogP contribution in [0.5, 0.6) is 0 Å². The Morgan fingerprint density at radius 3 is 0.866 bits per heavy atom. The minimum atomic E-state index is -0.928. The molecule has 8 aromatic carbocycles. The zero-order valence-corrected chi connectivity index (χ0v) is 90.7. The Kier molecular flexibility index (Phi) is 70.8. The van der Waals surface area contributed by atoms with Crippen LogP contribution in [0.15, 0.2) is 243 Å². The van der Waals surface area contributed by atoms with Gasteiger partial charge in [0.25, 0.3) is 0 Å². The third-order valence-electron chi connectivity index (χ3n) is 23.3. The van der Waals surface area contributed by atoms with E-state index < -0.39 is 14.1 Å². The van der Waals surface area contributed by atoms with Crippen LogP contribution in [0.1, 0.15) is 363 Å². The van der Waals surface area contributed by atoms with Crippen molar-refractivity contribution in [3.63, 3.8) is 0 Å². The average molecular weight is 2050 g/mol. The minimum absolute atomic E-state index is 0. The van der Waals surface area contributed by atoms with Crippen molar-refractivity contribution in [1.82, 2.24) is 4.90 Å². The van der Waals surface area contributed by atoms with Gasteiger partial charge in [0.1, 0.15) is 15.3 Å². The molecule has 0 radical (unpaired) electrons. The molecule has 0 N–H and O–H groups in total. The van der Waals surface area contributed by atoms with Gasteiger partial charge in [0.2, 0.25) is 0 Å². The number of nitrogens with zero attached hydrogens (tertiary/aromatic N) is 1. The molecule has 11 atom stereocenters. The number of hydrogen-bond donors (Lipinski definition) is 1. The summed E-state index contributed by atoms with van der Waals surface area (Å²) in [5.41, 5.74) is 14.0. The van der Waals surface area contributed by atoms with Gasteiger partial charge in [0.15, 0.2) is 0 Å². The Bertz CT molecular complexity index is 3890. The number of esters is 4. The van der Waals surface area contributed by atoms with Gasteiger partial charge in [-0.15, -0.1) is 9.80 Å². The van der Waals surface area contributed by atoms with Gasteiger partial charge in [-0.25, -0.2) is 4.79 Å². The Morgan fingerprint density at radius 1 is 0.378 bits per heavy atom. The fourth-order valence-corrected chi connectivity index (χ4v) is 14.6. The van der Waals surface area contributed by atoms with E-state index in [0.717, 1.165) is 64.3 Å². The maximum Gasteiger partial charge on any atom is 0.333 e. The number of rotatable bonds is 41. The molecule has 0 aliphatic carbocycles. The number of alkyl halides is 2. The highest BCUT2D eigenvalue weighted by molar-refractivity contribution is 14.2. The van der Waals surface area contributed by atoms with Crippen molar-refractivity contribution < 1.29 is 38.1 Å². The van der Waals surface area contributed by atoms with Crippen LogP contribution in [0.4, 0.5) is 0 Å². The SMILES string of the molecule is C=C(C)C(=O)OCCN(C)C.CC(CC(CCCCOC(=O)C(C)(C)Br)c1ccccc1)c1ccccc1.CCC(C)c1ccc(C(C)CC)cc1.CCC(C)c1ccc(C(C)CC)cc1.CCC(C)c1ccccc1.CCC(C)c1ccccc1.CCCOC(=O)C(C)(Br)CC(C)(C)C(=O)OCCCCC(CC(C)c1ccccc1)c1ccccc1.SI.[P-3].[P-]=S. The fraction of sp³-hybridized carbons (Fsp3) is 0.514. The van der Waals surface area contributed by atoms with Crippen molar-refractivity contribution >= 4 is 116 Å². The summed E-state index contributed by atoms with van der Waals surface area (Å²) in [6.45, 7) is 50.2. The number of ether oxygens (including phenoxy) is 4. The van der Waals surface area contributed by atoms with Gasteiger partial charge in [-0.2, -0.15) is 0 Å². The molecule has 0 amide bonds. The van der Waals surface area contributed by atoms with Crippen LogP contribution in [-0.4, -0.2) is 84.5 Å². The Morgan fingerprint density at radius 2 is 0.622 bits per heavy atom. The lowest BCUT2D eigenvalue weighted by Crippen LogP contribution is -2.39. The molecular weight excluding hydrogens is 1890 g/mol. The maximum absolute atomic E-state index is 12.8. The molecule has 16 heteroatoms. The molecule has 11 unspecified atom stereocenters. The van der Waals surface area contributed by atoms with E-state index in [-0.39, 0.29) is 33.8 Å². The van der Waals surface area contributed by atoms with E-state index in [1.807, 2.05) is 74.8 Å². The van der Waals surface area contributed by atoms with Crippen molar-refractivity contribution in [2.45, 2.75) is 316 Å². The molecule has 0 fully saturated rings.